The SMILES string of the molecule is CN(C)C(=O)C1CCN(C(=O)C(N)Cc2ccccc2)CC1. The first-order valence-corrected chi connectivity index (χ1v) is 7.78. The number of nitrogens with zero attached hydrogens (tertiary/aromatic N) is 2. The van der Waals surface area contributed by atoms with Crippen LogP contribution in [0.2, 0.25) is 0 Å². The molecule has 0 bridgehead atoms. The number of hydrogen-bond donors (Lipinski definition) is 1. The standard InChI is InChI=1S/C17H25N3O2/c1-19(2)16(21)14-8-10-20(11-9-14)17(22)15(18)12-13-6-4-3-5-7-13/h3-7,14-15H,8-12,18H2,1-2H3. The molecule has 1 unspecified atom stereocenters. The molecular formula is C17H25N3O2. The van der Waals surface area contributed by atoms with Crippen molar-refractivity contribution in [3.63, 3.8) is 0 Å². The van der Waals surface area contributed by atoms with Crippen LogP contribution < -0.4 is 5.73 Å². The predicted octanol–water partition coefficient (Wildman–Crippen LogP) is 0.883. The Morgan fingerprint density at radius 1 is 1.23 bits per heavy atom. The molecule has 2 rings (SSSR count). The van der Waals surface area contributed by atoms with Crippen molar-refractivity contribution < 1.29 is 9.59 Å². The summed E-state index contributed by atoms with van der Waals surface area (Å²) in [6.07, 6.45) is 2.00. The van der Waals surface area contributed by atoms with E-state index in [1.54, 1.807) is 23.9 Å². The lowest BCUT2D eigenvalue weighted by Gasteiger charge is -2.33. The maximum absolute atomic E-state index is 12.4. The quantitative estimate of drug-likeness (QED) is 0.898. The molecule has 2 amide bonds. The van der Waals surface area contributed by atoms with E-state index in [-0.39, 0.29) is 17.7 Å². The molecule has 1 atom stereocenters. The summed E-state index contributed by atoms with van der Waals surface area (Å²) in [5, 5.41) is 0. The number of nitrogens with two attached hydrogens (primary N) is 1. The van der Waals surface area contributed by atoms with Gasteiger partial charge >= 0.3 is 0 Å². The molecule has 120 valence electrons. The first-order valence-electron chi connectivity index (χ1n) is 7.78. The largest absolute Gasteiger partial charge is 0.349 e. The van der Waals surface area contributed by atoms with Gasteiger partial charge in [0.05, 0.1) is 6.04 Å². The average Bonchev–Trinajstić information content (AvgIpc) is 2.54. The smallest absolute Gasteiger partial charge is 0.239 e. The van der Waals surface area contributed by atoms with E-state index in [1.807, 2.05) is 30.3 Å². The van der Waals surface area contributed by atoms with Gasteiger partial charge in [-0.1, -0.05) is 30.3 Å². The van der Waals surface area contributed by atoms with Gasteiger partial charge in [-0.15, -0.1) is 0 Å². The Labute approximate surface area is 132 Å². The molecule has 1 saturated heterocycles. The van der Waals surface area contributed by atoms with Crippen molar-refractivity contribution in [3.05, 3.63) is 35.9 Å². The number of likely N-dealkylation sites (tertiary alicyclic amines) is 1. The fourth-order valence-electron chi connectivity index (χ4n) is 2.90. The molecule has 5 nitrogen and oxygen atoms in total. The molecule has 0 radical (unpaired) electrons. The lowest BCUT2D eigenvalue weighted by atomic mass is 9.94. The van der Waals surface area contributed by atoms with Crippen LogP contribution in [0.25, 0.3) is 0 Å². The first kappa shape index (κ1) is 16.5. The molecule has 5 heteroatoms. The topological polar surface area (TPSA) is 66.6 Å². The van der Waals surface area contributed by atoms with Gasteiger partial charge in [-0.05, 0) is 24.8 Å². The minimum absolute atomic E-state index is 0.0143. The average molecular weight is 303 g/mol. The second-order valence-corrected chi connectivity index (χ2v) is 6.13. The molecule has 0 aromatic heterocycles. The van der Waals surface area contributed by atoms with Crippen LogP contribution in [0.15, 0.2) is 30.3 Å². The molecule has 1 aromatic rings. The number of carbonyl (C=O) groups excluding carboxylic acids is 2. The first-order chi connectivity index (χ1) is 10.5. The highest BCUT2D eigenvalue weighted by Crippen LogP contribution is 2.19. The number of rotatable bonds is 4. The van der Waals surface area contributed by atoms with Crippen molar-refractivity contribution >= 4 is 11.8 Å². The highest BCUT2D eigenvalue weighted by atomic mass is 16.2. The highest BCUT2D eigenvalue weighted by molar-refractivity contribution is 5.83. The summed E-state index contributed by atoms with van der Waals surface area (Å²) >= 11 is 0. The van der Waals surface area contributed by atoms with E-state index in [1.165, 1.54) is 0 Å². The molecule has 22 heavy (non-hydrogen) atoms. The molecule has 1 fully saturated rings. The molecular weight excluding hydrogens is 278 g/mol. The third kappa shape index (κ3) is 4.07. The summed E-state index contributed by atoms with van der Waals surface area (Å²) in [5.41, 5.74) is 7.13. The van der Waals surface area contributed by atoms with E-state index in [9.17, 15) is 9.59 Å². The Kier molecular flexibility index (Phi) is 5.55. The Hall–Kier alpha value is -1.88. The lowest BCUT2D eigenvalue weighted by Crippen LogP contribution is -2.49. The fourth-order valence-corrected chi connectivity index (χ4v) is 2.90. The minimum Gasteiger partial charge on any atom is -0.349 e. The van der Waals surface area contributed by atoms with E-state index in [2.05, 4.69) is 0 Å². The van der Waals surface area contributed by atoms with Crippen molar-refractivity contribution in [1.82, 2.24) is 9.80 Å². The van der Waals surface area contributed by atoms with Gasteiger partial charge in [0.25, 0.3) is 0 Å². The van der Waals surface area contributed by atoms with Gasteiger partial charge in [-0.3, -0.25) is 9.59 Å². The van der Waals surface area contributed by atoms with Crippen LogP contribution in [-0.2, 0) is 16.0 Å². The van der Waals surface area contributed by atoms with E-state index in [0.717, 1.165) is 18.4 Å². The van der Waals surface area contributed by atoms with Crippen LogP contribution in [0.1, 0.15) is 18.4 Å². The minimum atomic E-state index is -0.511. The Bertz CT molecular complexity index is 508. The van der Waals surface area contributed by atoms with Crippen LogP contribution in [-0.4, -0.2) is 54.8 Å². The maximum atomic E-state index is 12.4. The number of piperidine rings is 1. The van der Waals surface area contributed by atoms with E-state index in [0.29, 0.717) is 19.5 Å². The molecule has 1 aromatic carbocycles. The van der Waals surface area contributed by atoms with Crippen molar-refractivity contribution in [2.45, 2.75) is 25.3 Å². The number of hydrogen-bond acceptors (Lipinski definition) is 3. The van der Waals surface area contributed by atoms with Crippen LogP contribution in [0.5, 0.6) is 0 Å². The van der Waals surface area contributed by atoms with Crippen LogP contribution in [0, 0.1) is 5.92 Å². The van der Waals surface area contributed by atoms with Crippen LogP contribution >= 0.6 is 0 Å². The Balaban J connectivity index is 1.85. The molecule has 0 aliphatic carbocycles. The van der Waals surface area contributed by atoms with E-state index in [4.69, 9.17) is 5.73 Å². The molecule has 1 heterocycles. The molecule has 0 saturated carbocycles. The van der Waals surface area contributed by atoms with Gasteiger partial charge in [0.2, 0.25) is 11.8 Å². The van der Waals surface area contributed by atoms with Crippen molar-refractivity contribution in [2.75, 3.05) is 27.2 Å². The zero-order chi connectivity index (χ0) is 16.1. The van der Waals surface area contributed by atoms with Crippen molar-refractivity contribution in [3.8, 4) is 0 Å². The third-order valence-corrected chi connectivity index (χ3v) is 4.21. The van der Waals surface area contributed by atoms with Gasteiger partial charge in [-0.2, -0.15) is 0 Å². The van der Waals surface area contributed by atoms with Crippen LogP contribution in [0.3, 0.4) is 0 Å². The molecule has 1 aliphatic rings. The summed E-state index contributed by atoms with van der Waals surface area (Å²) in [4.78, 5) is 27.8. The highest BCUT2D eigenvalue weighted by Gasteiger charge is 2.30. The summed E-state index contributed by atoms with van der Waals surface area (Å²) in [6.45, 7) is 1.23. The molecule has 0 spiro atoms. The van der Waals surface area contributed by atoms with Gasteiger partial charge in [0.1, 0.15) is 0 Å². The van der Waals surface area contributed by atoms with Crippen molar-refractivity contribution in [1.29, 1.82) is 0 Å². The zero-order valence-electron chi connectivity index (χ0n) is 13.4. The molecule has 2 N–H and O–H groups in total. The zero-order valence-corrected chi connectivity index (χ0v) is 13.4. The normalized spacial score (nSPS) is 17.1. The summed E-state index contributed by atoms with van der Waals surface area (Å²) in [7, 11) is 3.55. The Morgan fingerprint density at radius 3 is 2.36 bits per heavy atom. The summed E-state index contributed by atoms with van der Waals surface area (Å²) in [6, 6.07) is 9.30. The fraction of sp³-hybridized carbons (Fsp3) is 0.529. The molecule has 1 aliphatic heterocycles. The second kappa shape index (κ2) is 7.40. The summed E-state index contributed by atoms with van der Waals surface area (Å²) in [5.74, 6) is 0.171. The number of carbonyl (C=O) groups is 2. The third-order valence-electron chi connectivity index (χ3n) is 4.21. The second-order valence-electron chi connectivity index (χ2n) is 6.13. The predicted molar refractivity (Wildman–Crippen MR) is 86.1 cm³/mol. The maximum Gasteiger partial charge on any atom is 0.239 e. The van der Waals surface area contributed by atoms with Gasteiger partial charge in [0, 0.05) is 33.1 Å². The van der Waals surface area contributed by atoms with Gasteiger partial charge in [-0.25, -0.2) is 0 Å². The van der Waals surface area contributed by atoms with E-state index >= 15 is 0 Å². The summed E-state index contributed by atoms with van der Waals surface area (Å²) < 4.78 is 0. The lowest BCUT2D eigenvalue weighted by molar-refractivity contribution is -0.139. The van der Waals surface area contributed by atoms with E-state index < -0.39 is 6.04 Å². The number of amides is 2. The Morgan fingerprint density at radius 2 is 1.82 bits per heavy atom. The van der Waals surface area contributed by atoms with Crippen LogP contribution in [0.4, 0.5) is 0 Å². The van der Waals surface area contributed by atoms with Gasteiger partial charge in [0.15, 0.2) is 0 Å². The number of benzene rings is 1. The van der Waals surface area contributed by atoms with Gasteiger partial charge < -0.3 is 15.5 Å². The monoisotopic (exact) mass is 303 g/mol. The van der Waals surface area contributed by atoms with Crippen molar-refractivity contribution in [2.24, 2.45) is 11.7 Å².